The minimum Gasteiger partial charge on any atom is -0.393 e. The van der Waals surface area contributed by atoms with Crippen LogP contribution in [0.2, 0.25) is 0 Å². The lowest BCUT2D eigenvalue weighted by Crippen LogP contribution is -2.39. The molecule has 2 atom stereocenters. The maximum absolute atomic E-state index is 9.95. The molecule has 0 spiro atoms. The summed E-state index contributed by atoms with van der Waals surface area (Å²) in [5.41, 5.74) is 3.88. The maximum atomic E-state index is 9.95. The van der Waals surface area contributed by atoms with Crippen LogP contribution in [0.15, 0.2) is 60.9 Å². The number of benzene rings is 2. The highest BCUT2D eigenvalue weighted by Gasteiger charge is 2.38. The Morgan fingerprint density at radius 3 is 2.26 bits per heavy atom. The Morgan fingerprint density at radius 2 is 1.71 bits per heavy atom. The van der Waals surface area contributed by atoms with Gasteiger partial charge in [0.25, 0.3) is 0 Å². The van der Waals surface area contributed by atoms with Gasteiger partial charge >= 0.3 is 0 Å². The summed E-state index contributed by atoms with van der Waals surface area (Å²) in [5, 5.41) is 29.5. The van der Waals surface area contributed by atoms with Crippen molar-refractivity contribution in [2.45, 2.75) is 50.4 Å². The number of aliphatic hydroxyl groups excluding tert-OH is 2. The summed E-state index contributed by atoms with van der Waals surface area (Å²) in [6, 6.07) is 16.1. The van der Waals surface area contributed by atoms with Gasteiger partial charge in [-0.2, -0.15) is 0 Å². The normalized spacial score (nSPS) is 22.2. The zero-order valence-corrected chi connectivity index (χ0v) is 17.9. The monoisotopic (exact) mass is 416 g/mol. The first-order valence-corrected chi connectivity index (χ1v) is 10.6. The summed E-state index contributed by atoms with van der Waals surface area (Å²) >= 11 is 0. The first kappa shape index (κ1) is 21.3. The van der Waals surface area contributed by atoms with Gasteiger partial charge in [-0.15, -0.1) is 0 Å². The fourth-order valence-corrected chi connectivity index (χ4v) is 4.21. The molecule has 5 heteroatoms. The van der Waals surface area contributed by atoms with Gasteiger partial charge in [-0.05, 0) is 61.4 Å². The number of hydrogen-bond acceptors (Lipinski definition) is 4. The summed E-state index contributed by atoms with van der Waals surface area (Å²) in [4.78, 5) is 4.14. The molecule has 3 N–H and O–H groups in total. The highest BCUT2D eigenvalue weighted by molar-refractivity contribution is 5.64. The van der Waals surface area contributed by atoms with Gasteiger partial charge in [0.2, 0.25) is 0 Å². The molecule has 4 rings (SSSR count). The van der Waals surface area contributed by atoms with E-state index in [2.05, 4.69) is 41.1 Å². The van der Waals surface area contributed by atoms with Crippen LogP contribution in [0, 0.1) is 11.8 Å². The smallest absolute Gasteiger partial charge is 0.138 e. The van der Waals surface area contributed by atoms with Crippen LogP contribution >= 0.6 is 0 Å². The first-order valence-electron chi connectivity index (χ1n) is 10.6. The van der Waals surface area contributed by atoms with Crippen LogP contribution in [0.3, 0.4) is 0 Å². The van der Waals surface area contributed by atoms with Crippen molar-refractivity contribution in [2.24, 2.45) is 0 Å². The SMILES string of the molecule is C[C@H](O)c1nccn1[C@@H](C#Cc1ccc(-c2ccc(C3CC(C)(O)C3)cc2)cc1)CO. The average molecular weight is 417 g/mol. The molecule has 1 fully saturated rings. The Hall–Kier alpha value is -2.91. The van der Waals surface area contributed by atoms with Crippen LogP contribution in [-0.4, -0.2) is 37.1 Å². The van der Waals surface area contributed by atoms with E-state index in [4.69, 9.17) is 0 Å². The predicted molar refractivity (Wildman–Crippen MR) is 120 cm³/mol. The van der Waals surface area contributed by atoms with E-state index >= 15 is 0 Å². The van der Waals surface area contributed by atoms with Gasteiger partial charge in [0.15, 0.2) is 0 Å². The van der Waals surface area contributed by atoms with E-state index in [1.54, 1.807) is 23.9 Å². The lowest BCUT2D eigenvalue weighted by Gasteiger charge is -2.41. The standard InChI is InChI=1S/C26H28N2O3/c1-18(30)25-27-13-14-28(25)24(17-29)12-5-19-3-6-20(7-4-19)21-8-10-22(11-9-21)23-15-26(2,31)16-23/h3-4,6-11,13-14,18,23-24,29-31H,15-17H2,1-2H3/t18-,23?,24-,26?/m0/s1. The number of rotatable bonds is 5. The van der Waals surface area contributed by atoms with Crippen molar-refractivity contribution in [1.29, 1.82) is 0 Å². The van der Waals surface area contributed by atoms with Crippen molar-refractivity contribution < 1.29 is 15.3 Å². The third-order valence-electron chi connectivity index (χ3n) is 5.94. The van der Waals surface area contributed by atoms with E-state index in [9.17, 15) is 15.3 Å². The molecule has 160 valence electrons. The van der Waals surface area contributed by atoms with Gasteiger partial charge in [0.05, 0.1) is 12.2 Å². The number of aromatic nitrogens is 2. The number of imidazole rings is 1. The lowest BCUT2D eigenvalue weighted by atomic mass is 9.69. The van der Waals surface area contributed by atoms with Crippen LogP contribution in [-0.2, 0) is 0 Å². The third-order valence-corrected chi connectivity index (χ3v) is 5.94. The molecule has 0 aliphatic heterocycles. The fraction of sp³-hybridized carbons (Fsp3) is 0.346. The molecule has 0 saturated heterocycles. The maximum Gasteiger partial charge on any atom is 0.138 e. The second-order valence-corrected chi connectivity index (χ2v) is 8.64. The van der Waals surface area contributed by atoms with Gasteiger partial charge in [0, 0.05) is 18.0 Å². The van der Waals surface area contributed by atoms with Crippen molar-refractivity contribution in [2.75, 3.05) is 6.61 Å². The topological polar surface area (TPSA) is 78.5 Å². The van der Waals surface area contributed by atoms with E-state index < -0.39 is 17.7 Å². The minimum absolute atomic E-state index is 0.163. The largest absolute Gasteiger partial charge is 0.393 e. The van der Waals surface area contributed by atoms with Crippen molar-refractivity contribution in [3.8, 4) is 23.0 Å². The molecule has 3 aromatic rings. The van der Waals surface area contributed by atoms with Crippen LogP contribution in [0.25, 0.3) is 11.1 Å². The Morgan fingerprint density at radius 1 is 1.10 bits per heavy atom. The second-order valence-electron chi connectivity index (χ2n) is 8.64. The zero-order valence-electron chi connectivity index (χ0n) is 17.9. The number of aliphatic hydroxyl groups is 3. The van der Waals surface area contributed by atoms with E-state index in [0.717, 1.165) is 29.5 Å². The highest BCUT2D eigenvalue weighted by Crippen LogP contribution is 2.44. The zero-order chi connectivity index (χ0) is 22.0. The van der Waals surface area contributed by atoms with Gasteiger partial charge in [-0.25, -0.2) is 4.98 Å². The molecule has 1 saturated carbocycles. The van der Waals surface area contributed by atoms with Gasteiger partial charge < -0.3 is 19.9 Å². The molecule has 0 amide bonds. The molecule has 1 aromatic heterocycles. The Labute approximate surface area is 183 Å². The Bertz CT molecular complexity index is 1080. The number of hydrogen-bond donors (Lipinski definition) is 3. The minimum atomic E-state index is -0.728. The van der Waals surface area contributed by atoms with Crippen molar-refractivity contribution in [1.82, 2.24) is 9.55 Å². The predicted octanol–water partition coefficient (Wildman–Crippen LogP) is 3.82. The van der Waals surface area contributed by atoms with Crippen molar-refractivity contribution >= 4 is 0 Å². The molecule has 1 aliphatic rings. The molecular weight excluding hydrogens is 388 g/mol. The molecule has 2 aromatic carbocycles. The Kier molecular flexibility index (Phi) is 5.97. The van der Waals surface area contributed by atoms with Crippen molar-refractivity contribution in [3.63, 3.8) is 0 Å². The quantitative estimate of drug-likeness (QED) is 0.553. The lowest BCUT2D eigenvalue weighted by molar-refractivity contribution is -0.0313. The van der Waals surface area contributed by atoms with Crippen molar-refractivity contribution in [3.05, 3.63) is 77.9 Å². The fourth-order valence-electron chi connectivity index (χ4n) is 4.21. The van der Waals surface area contributed by atoms with E-state index in [1.807, 2.05) is 31.2 Å². The molecule has 0 radical (unpaired) electrons. The van der Waals surface area contributed by atoms with Crippen LogP contribution in [0.5, 0.6) is 0 Å². The molecule has 5 nitrogen and oxygen atoms in total. The highest BCUT2D eigenvalue weighted by atomic mass is 16.3. The third kappa shape index (κ3) is 4.72. The summed E-state index contributed by atoms with van der Waals surface area (Å²) in [5.74, 6) is 7.12. The summed E-state index contributed by atoms with van der Waals surface area (Å²) < 4.78 is 1.70. The molecular formula is C26H28N2O3. The van der Waals surface area contributed by atoms with Gasteiger partial charge in [0.1, 0.15) is 18.0 Å². The van der Waals surface area contributed by atoms with Crippen LogP contribution in [0.1, 0.15) is 61.7 Å². The van der Waals surface area contributed by atoms with Gasteiger partial charge in [-0.3, -0.25) is 0 Å². The number of nitrogens with zero attached hydrogens (tertiary/aromatic N) is 2. The molecule has 1 heterocycles. The molecule has 0 unspecified atom stereocenters. The first-order chi connectivity index (χ1) is 14.9. The van der Waals surface area contributed by atoms with E-state index in [0.29, 0.717) is 11.7 Å². The van der Waals surface area contributed by atoms with Crippen LogP contribution in [0.4, 0.5) is 0 Å². The summed E-state index contributed by atoms with van der Waals surface area (Å²) in [6.45, 7) is 3.37. The van der Waals surface area contributed by atoms with Crippen LogP contribution < -0.4 is 0 Å². The van der Waals surface area contributed by atoms with E-state index in [-0.39, 0.29) is 6.61 Å². The molecule has 31 heavy (non-hydrogen) atoms. The Balaban J connectivity index is 1.46. The summed E-state index contributed by atoms with van der Waals surface area (Å²) in [7, 11) is 0. The average Bonchev–Trinajstić information content (AvgIpc) is 3.23. The molecule has 1 aliphatic carbocycles. The van der Waals surface area contributed by atoms with Gasteiger partial charge in [-0.1, -0.05) is 48.2 Å². The van der Waals surface area contributed by atoms with E-state index in [1.165, 1.54) is 5.56 Å². The second kappa shape index (κ2) is 8.68. The summed E-state index contributed by atoms with van der Waals surface area (Å²) in [6.07, 6.45) is 4.24. The molecule has 0 bridgehead atoms.